The number of carbonyl (C=O) groups excluding carboxylic acids is 2. The number of carboxylic acids is 1. The van der Waals surface area contributed by atoms with E-state index in [-0.39, 0.29) is 19.4 Å². The number of aromatic amines is 1. The Morgan fingerprint density at radius 2 is 2.08 bits per heavy atom. The second kappa shape index (κ2) is 10.3. The van der Waals surface area contributed by atoms with Crippen LogP contribution in [0.1, 0.15) is 25.0 Å². The van der Waals surface area contributed by atoms with Gasteiger partial charge in [-0.25, -0.2) is 9.78 Å². The third kappa shape index (κ3) is 7.20. The van der Waals surface area contributed by atoms with E-state index in [1.54, 1.807) is 6.20 Å². The quantitative estimate of drug-likeness (QED) is 0.255. The summed E-state index contributed by atoms with van der Waals surface area (Å²) >= 11 is 0. The molecule has 0 aliphatic carbocycles. The van der Waals surface area contributed by atoms with Crippen molar-refractivity contribution in [3.8, 4) is 0 Å². The average Bonchev–Trinajstić information content (AvgIpc) is 3.04. The molecular formula is C14H24N6O4. The monoisotopic (exact) mass is 340 g/mol. The average molecular weight is 340 g/mol. The molecule has 134 valence electrons. The zero-order valence-electron chi connectivity index (χ0n) is 13.3. The minimum atomic E-state index is -1.12. The van der Waals surface area contributed by atoms with Gasteiger partial charge in [0.2, 0.25) is 11.8 Å². The summed E-state index contributed by atoms with van der Waals surface area (Å²) in [4.78, 5) is 41.3. The van der Waals surface area contributed by atoms with Crippen LogP contribution < -0.4 is 22.1 Å². The number of nitrogens with zero attached hydrogens (tertiary/aromatic N) is 1. The highest BCUT2D eigenvalue weighted by molar-refractivity contribution is 5.89. The highest BCUT2D eigenvalue weighted by Gasteiger charge is 2.20. The molecule has 0 fully saturated rings. The number of rotatable bonds is 11. The van der Waals surface area contributed by atoms with Gasteiger partial charge in [-0.1, -0.05) is 0 Å². The Hall–Kier alpha value is -2.46. The van der Waals surface area contributed by atoms with Crippen molar-refractivity contribution in [2.24, 2.45) is 11.5 Å². The second-order valence-electron chi connectivity index (χ2n) is 5.35. The molecule has 0 saturated carbocycles. The van der Waals surface area contributed by atoms with Crippen LogP contribution in [0.2, 0.25) is 0 Å². The van der Waals surface area contributed by atoms with Crippen molar-refractivity contribution in [3.63, 3.8) is 0 Å². The summed E-state index contributed by atoms with van der Waals surface area (Å²) in [6.07, 6.45) is 4.84. The van der Waals surface area contributed by atoms with Crippen LogP contribution in [0, 0.1) is 0 Å². The molecular weight excluding hydrogens is 316 g/mol. The lowest BCUT2D eigenvalue weighted by molar-refractivity contribution is -0.142. The van der Waals surface area contributed by atoms with E-state index in [2.05, 4.69) is 20.6 Å². The van der Waals surface area contributed by atoms with E-state index in [0.717, 1.165) is 0 Å². The molecule has 24 heavy (non-hydrogen) atoms. The van der Waals surface area contributed by atoms with Crippen molar-refractivity contribution in [1.82, 2.24) is 20.6 Å². The number of carbonyl (C=O) groups is 3. The fourth-order valence-electron chi connectivity index (χ4n) is 2.02. The Labute approximate surface area is 139 Å². The zero-order valence-corrected chi connectivity index (χ0v) is 13.3. The highest BCUT2D eigenvalue weighted by Crippen LogP contribution is 2.00. The van der Waals surface area contributed by atoms with Gasteiger partial charge in [0, 0.05) is 18.3 Å². The van der Waals surface area contributed by atoms with Crippen LogP contribution in [-0.2, 0) is 20.8 Å². The maximum absolute atomic E-state index is 11.8. The Kier molecular flexibility index (Phi) is 8.44. The number of aromatic nitrogens is 2. The fourth-order valence-corrected chi connectivity index (χ4v) is 2.02. The maximum atomic E-state index is 11.8. The minimum Gasteiger partial charge on any atom is -0.480 e. The van der Waals surface area contributed by atoms with Gasteiger partial charge in [-0.05, 0) is 25.8 Å². The van der Waals surface area contributed by atoms with Gasteiger partial charge in [0.05, 0.1) is 18.9 Å². The molecule has 10 heteroatoms. The molecule has 8 N–H and O–H groups in total. The first kappa shape index (κ1) is 19.6. The number of nitrogens with two attached hydrogens (primary N) is 2. The third-order valence-electron chi connectivity index (χ3n) is 3.33. The molecule has 2 atom stereocenters. The molecule has 0 bridgehead atoms. The van der Waals surface area contributed by atoms with E-state index < -0.39 is 29.9 Å². The number of amides is 2. The topological polar surface area (TPSA) is 176 Å². The van der Waals surface area contributed by atoms with Crippen molar-refractivity contribution < 1.29 is 19.5 Å². The lowest BCUT2D eigenvalue weighted by Crippen LogP contribution is -2.49. The van der Waals surface area contributed by atoms with Gasteiger partial charge in [0.15, 0.2) is 0 Å². The number of hydrogen-bond acceptors (Lipinski definition) is 6. The molecule has 1 rings (SSSR count). The molecule has 0 aromatic carbocycles. The summed E-state index contributed by atoms with van der Waals surface area (Å²) < 4.78 is 0. The van der Waals surface area contributed by atoms with Crippen LogP contribution in [0.4, 0.5) is 0 Å². The van der Waals surface area contributed by atoms with Gasteiger partial charge in [-0.3, -0.25) is 9.59 Å². The maximum Gasteiger partial charge on any atom is 0.326 e. The lowest BCUT2D eigenvalue weighted by atomic mass is 10.1. The van der Waals surface area contributed by atoms with Crippen molar-refractivity contribution in [2.45, 2.75) is 37.8 Å². The van der Waals surface area contributed by atoms with Crippen LogP contribution in [0.5, 0.6) is 0 Å². The van der Waals surface area contributed by atoms with Crippen molar-refractivity contribution in [2.75, 3.05) is 13.1 Å². The van der Waals surface area contributed by atoms with Gasteiger partial charge in [-0.15, -0.1) is 0 Å². The number of imidazole rings is 1. The number of unbranched alkanes of at least 4 members (excludes halogenated alkanes) is 1. The number of aliphatic carboxylic acids is 1. The molecule has 0 aliphatic rings. The van der Waals surface area contributed by atoms with E-state index in [4.69, 9.17) is 16.6 Å². The third-order valence-corrected chi connectivity index (χ3v) is 3.33. The largest absolute Gasteiger partial charge is 0.480 e. The van der Waals surface area contributed by atoms with Crippen molar-refractivity contribution in [3.05, 3.63) is 18.2 Å². The second-order valence-corrected chi connectivity index (χ2v) is 5.35. The first-order chi connectivity index (χ1) is 11.4. The summed E-state index contributed by atoms with van der Waals surface area (Å²) in [5, 5.41) is 13.8. The molecule has 0 aliphatic heterocycles. The molecule has 0 saturated heterocycles. The van der Waals surface area contributed by atoms with Gasteiger partial charge < -0.3 is 32.2 Å². The number of H-pyrrole nitrogens is 1. The predicted molar refractivity (Wildman–Crippen MR) is 85.7 cm³/mol. The molecule has 0 spiro atoms. The Morgan fingerprint density at radius 1 is 1.33 bits per heavy atom. The van der Waals surface area contributed by atoms with Gasteiger partial charge >= 0.3 is 5.97 Å². The Morgan fingerprint density at radius 3 is 2.67 bits per heavy atom. The van der Waals surface area contributed by atoms with Crippen LogP contribution >= 0.6 is 0 Å². The summed E-state index contributed by atoms with van der Waals surface area (Å²) in [5.74, 6) is -2.21. The van der Waals surface area contributed by atoms with Crippen molar-refractivity contribution in [1.29, 1.82) is 0 Å². The smallest absolute Gasteiger partial charge is 0.326 e. The highest BCUT2D eigenvalue weighted by atomic mass is 16.4. The van der Waals surface area contributed by atoms with E-state index in [9.17, 15) is 14.4 Å². The number of carboxylic acid groups (broad SMARTS) is 1. The molecule has 2 unspecified atom stereocenters. The lowest BCUT2D eigenvalue weighted by Gasteiger charge is -2.15. The van der Waals surface area contributed by atoms with Crippen LogP contribution in [-0.4, -0.2) is 58.0 Å². The van der Waals surface area contributed by atoms with Gasteiger partial charge in [-0.2, -0.15) is 0 Å². The number of hydrogen-bond donors (Lipinski definition) is 6. The van der Waals surface area contributed by atoms with Crippen molar-refractivity contribution >= 4 is 17.8 Å². The summed E-state index contributed by atoms with van der Waals surface area (Å²) in [6, 6.07) is -1.84. The van der Waals surface area contributed by atoms with Gasteiger partial charge in [0.1, 0.15) is 6.04 Å². The van der Waals surface area contributed by atoms with E-state index in [1.165, 1.54) is 6.33 Å². The van der Waals surface area contributed by atoms with Crippen LogP contribution in [0.25, 0.3) is 0 Å². The summed E-state index contributed by atoms with van der Waals surface area (Å²) in [7, 11) is 0. The first-order valence-corrected chi connectivity index (χ1v) is 7.66. The van der Waals surface area contributed by atoms with E-state index in [0.29, 0.717) is 25.1 Å². The van der Waals surface area contributed by atoms with E-state index in [1.807, 2.05) is 0 Å². The zero-order chi connectivity index (χ0) is 17.9. The molecule has 1 aromatic heterocycles. The fraction of sp³-hybridized carbons (Fsp3) is 0.571. The minimum absolute atomic E-state index is 0.254. The molecule has 1 heterocycles. The molecule has 10 nitrogen and oxygen atoms in total. The van der Waals surface area contributed by atoms with Gasteiger partial charge in [0.25, 0.3) is 0 Å². The molecule has 2 amide bonds. The Bertz CT molecular complexity index is 533. The molecule has 0 radical (unpaired) electrons. The number of nitrogens with one attached hydrogen (secondary N) is 3. The van der Waals surface area contributed by atoms with Crippen LogP contribution in [0.15, 0.2) is 12.5 Å². The summed E-state index contributed by atoms with van der Waals surface area (Å²) in [6.45, 7) is 0.126. The summed E-state index contributed by atoms with van der Waals surface area (Å²) in [5.41, 5.74) is 11.8. The SMILES string of the molecule is NCCCCC(NC(=O)CNC(=O)C(N)Cc1cnc[nH]1)C(=O)O. The standard InChI is InChI=1S/C14H24N6O4/c15-4-2-1-3-11(14(23)24)20-12(21)7-18-13(22)10(16)5-9-6-17-8-19-9/h6,8,10-11H,1-5,7,15-16H2,(H,17,19)(H,18,22)(H,20,21)(H,23,24). The van der Waals surface area contributed by atoms with E-state index >= 15 is 0 Å². The van der Waals surface area contributed by atoms with Crippen LogP contribution in [0.3, 0.4) is 0 Å². The predicted octanol–water partition coefficient (Wildman–Crippen LogP) is -1.91. The normalized spacial score (nSPS) is 13.1. The Balaban J connectivity index is 2.34. The molecule has 1 aromatic rings. The first-order valence-electron chi connectivity index (χ1n) is 7.66.